The molecule has 0 fully saturated rings. The number of fused-ring (bicyclic) bond motifs is 1. The number of benzene rings is 2. The van der Waals surface area contributed by atoms with Crippen molar-refractivity contribution >= 4 is 17.5 Å². The zero-order valence-electron chi connectivity index (χ0n) is 15.3. The molecule has 148 valence electrons. The molecule has 2 amide bonds. The van der Waals surface area contributed by atoms with Crippen LogP contribution in [0.4, 0.5) is 14.5 Å². The number of ether oxygens (including phenoxy) is 1. The summed E-state index contributed by atoms with van der Waals surface area (Å²) in [6.45, 7) is 0. The number of hydrogen-bond acceptors (Lipinski definition) is 4. The molecule has 4 N–H and O–H groups in total. The summed E-state index contributed by atoms with van der Waals surface area (Å²) in [5.74, 6) is -1.30. The Balaban J connectivity index is 1.61. The Morgan fingerprint density at radius 1 is 1.36 bits per heavy atom. The average molecular weight is 389 g/mol. The Bertz CT molecular complexity index is 904. The van der Waals surface area contributed by atoms with E-state index in [0.717, 1.165) is 23.8 Å². The first-order chi connectivity index (χ1) is 13.4. The van der Waals surface area contributed by atoms with Gasteiger partial charge >= 0.3 is 0 Å². The monoisotopic (exact) mass is 389 g/mol. The molecule has 6 nitrogen and oxygen atoms in total. The third kappa shape index (κ3) is 4.45. The Morgan fingerprint density at radius 3 is 2.89 bits per heavy atom. The van der Waals surface area contributed by atoms with Gasteiger partial charge in [0.25, 0.3) is 0 Å². The molecule has 2 aromatic rings. The van der Waals surface area contributed by atoms with E-state index < -0.39 is 29.6 Å². The Morgan fingerprint density at radius 2 is 2.14 bits per heavy atom. The van der Waals surface area contributed by atoms with Crippen LogP contribution < -0.4 is 21.1 Å². The van der Waals surface area contributed by atoms with E-state index in [1.807, 2.05) is 0 Å². The van der Waals surface area contributed by atoms with Gasteiger partial charge in [-0.05, 0) is 42.3 Å². The van der Waals surface area contributed by atoms with Crippen LogP contribution in [0.3, 0.4) is 0 Å². The van der Waals surface area contributed by atoms with Crippen molar-refractivity contribution in [1.82, 2.24) is 5.32 Å². The summed E-state index contributed by atoms with van der Waals surface area (Å²) in [7, 11) is 1.53. The number of carbonyl (C=O) groups is 2. The van der Waals surface area contributed by atoms with Crippen molar-refractivity contribution in [3.8, 4) is 5.75 Å². The Hall–Kier alpha value is -3.00. The minimum absolute atomic E-state index is 0.00450. The van der Waals surface area contributed by atoms with Gasteiger partial charge in [-0.1, -0.05) is 6.07 Å². The predicted octanol–water partition coefficient (Wildman–Crippen LogP) is 1.91. The number of anilines is 1. The second-order valence-corrected chi connectivity index (χ2v) is 6.70. The van der Waals surface area contributed by atoms with Gasteiger partial charge in [-0.3, -0.25) is 9.59 Å². The highest BCUT2D eigenvalue weighted by molar-refractivity contribution is 6.00. The van der Waals surface area contributed by atoms with Crippen LogP contribution in [0.5, 0.6) is 5.75 Å². The minimum Gasteiger partial charge on any atom is -0.496 e. The molecule has 0 aromatic heterocycles. The smallest absolute Gasteiger partial charge is 0.247 e. The predicted molar refractivity (Wildman–Crippen MR) is 99.9 cm³/mol. The van der Waals surface area contributed by atoms with Crippen molar-refractivity contribution in [3.63, 3.8) is 0 Å². The van der Waals surface area contributed by atoms with E-state index in [4.69, 9.17) is 10.5 Å². The number of rotatable bonds is 6. The summed E-state index contributed by atoms with van der Waals surface area (Å²) in [5, 5.41) is 5.39. The topological polar surface area (TPSA) is 93.4 Å². The zero-order chi connectivity index (χ0) is 20.3. The summed E-state index contributed by atoms with van der Waals surface area (Å²) >= 11 is 0. The van der Waals surface area contributed by atoms with E-state index in [9.17, 15) is 18.4 Å². The number of carbonyl (C=O) groups excluding carboxylic acids is 2. The van der Waals surface area contributed by atoms with Gasteiger partial charge in [0.1, 0.15) is 23.4 Å². The van der Waals surface area contributed by atoms with E-state index in [0.29, 0.717) is 11.4 Å². The fourth-order valence-corrected chi connectivity index (χ4v) is 3.26. The SMILES string of the molecule is COc1cccc2c1CC(NC(=O)C[C@H](N)Cc1cc(F)ccc1F)C(=O)N2. The van der Waals surface area contributed by atoms with Gasteiger partial charge in [-0.25, -0.2) is 8.78 Å². The molecular formula is C20H21F2N3O3. The molecule has 2 atom stereocenters. The van der Waals surface area contributed by atoms with Gasteiger partial charge in [0, 0.05) is 30.1 Å². The molecule has 0 saturated carbocycles. The lowest BCUT2D eigenvalue weighted by Crippen LogP contribution is -2.48. The van der Waals surface area contributed by atoms with Gasteiger partial charge in [0.15, 0.2) is 0 Å². The molecule has 3 rings (SSSR count). The van der Waals surface area contributed by atoms with E-state index in [1.54, 1.807) is 18.2 Å². The lowest BCUT2D eigenvalue weighted by Gasteiger charge is -2.27. The lowest BCUT2D eigenvalue weighted by atomic mass is 9.97. The van der Waals surface area contributed by atoms with Crippen molar-refractivity contribution in [2.45, 2.75) is 31.3 Å². The molecule has 0 aliphatic carbocycles. The van der Waals surface area contributed by atoms with Crippen LogP contribution in [0.15, 0.2) is 36.4 Å². The van der Waals surface area contributed by atoms with Crippen LogP contribution in [0, 0.1) is 11.6 Å². The van der Waals surface area contributed by atoms with Crippen LogP contribution in [0.1, 0.15) is 17.5 Å². The molecule has 0 bridgehead atoms. The van der Waals surface area contributed by atoms with Crippen LogP contribution >= 0.6 is 0 Å². The second-order valence-electron chi connectivity index (χ2n) is 6.70. The van der Waals surface area contributed by atoms with Crippen LogP contribution in [0.2, 0.25) is 0 Å². The fourth-order valence-electron chi connectivity index (χ4n) is 3.26. The van der Waals surface area contributed by atoms with Gasteiger partial charge in [-0.2, -0.15) is 0 Å². The third-order valence-corrected chi connectivity index (χ3v) is 4.61. The number of halogens is 2. The summed E-state index contributed by atoms with van der Waals surface area (Å²) in [4.78, 5) is 24.6. The maximum absolute atomic E-state index is 13.7. The fraction of sp³-hybridized carbons (Fsp3) is 0.300. The quantitative estimate of drug-likeness (QED) is 0.704. The molecule has 28 heavy (non-hydrogen) atoms. The van der Waals surface area contributed by atoms with Gasteiger partial charge < -0.3 is 21.1 Å². The molecule has 1 aliphatic heterocycles. The number of hydrogen-bond donors (Lipinski definition) is 3. The van der Waals surface area contributed by atoms with Crippen LogP contribution in [-0.2, 0) is 22.4 Å². The molecule has 2 aromatic carbocycles. The highest BCUT2D eigenvalue weighted by Gasteiger charge is 2.29. The molecule has 1 unspecified atom stereocenters. The number of nitrogens with two attached hydrogens (primary N) is 1. The number of amides is 2. The molecule has 0 radical (unpaired) electrons. The van der Waals surface area contributed by atoms with E-state index in [2.05, 4.69) is 10.6 Å². The maximum atomic E-state index is 13.7. The summed E-state index contributed by atoms with van der Waals surface area (Å²) < 4.78 is 32.3. The first-order valence-corrected chi connectivity index (χ1v) is 8.83. The first-order valence-electron chi connectivity index (χ1n) is 8.83. The molecule has 1 heterocycles. The number of methoxy groups -OCH3 is 1. The zero-order valence-corrected chi connectivity index (χ0v) is 15.3. The maximum Gasteiger partial charge on any atom is 0.247 e. The standard InChI is InChI=1S/C20H21F2N3O3/c1-28-18-4-2-3-16-14(18)10-17(20(27)25-16)24-19(26)9-13(23)8-11-7-12(21)5-6-15(11)22/h2-7,13,17H,8-10,23H2,1H3,(H,24,26)(H,25,27)/t13-,17?/m1/s1. The Labute approximate surface area is 161 Å². The van der Waals surface area contributed by atoms with E-state index in [1.165, 1.54) is 7.11 Å². The number of nitrogens with one attached hydrogen (secondary N) is 2. The molecule has 8 heteroatoms. The summed E-state index contributed by atoms with van der Waals surface area (Å²) in [6, 6.07) is 6.92. The second kappa shape index (κ2) is 8.35. The third-order valence-electron chi connectivity index (χ3n) is 4.61. The first kappa shape index (κ1) is 19.8. The molecule has 1 aliphatic rings. The van der Waals surface area contributed by atoms with Gasteiger partial charge in [0.2, 0.25) is 11.8 Å². The van der Waals surface area contributed by atoms with Crippen molar-refractivity contribution < 1.29 is 23.1 Å². The normalized spacial score (nSPS) is 16.7. The highest BCUT2D eigenvalue weighted by Crippen LogP contribution is 2.30. The van der Waals surface area contributed by atoms with Crippen molar-refractivity contribution in [2.24, 2.45) is 5.73 Å². The lowest BCUT2D eigenvalue weighted by molar-refractivity contribution is -0.126. The van der Waals surface area contributed by atoms with E-state index in [-0.39, 0.29) is 30.7 Å². The van der Waals surface area contributed by atoms with Crippen LogP contribution in [-0.4, -0.2) is 31.0 Å². The Kier molecular flexibility index (Phi) is 5.89. The van der Waals surface area contributed by atoms with Crippen molar-refractivity contribution in [1.29, 1.82) is 0 Å². The van der Waals surface area contributed by atoms with E-state index >= 15 is 0 Å². The van der Waals surface area contributed by atoms with Crippen LogP contribution in [0.25, 0.3) is 0 Å². The van der Waals surface area contributed by atoms with Gasteiger partial charge in [-0.15, -0.1) is 0 Å². The minimum atomic E-state index is -0.769. The molecular weight excluding hydrogens is 368 g/mol. The van der Waals surface area contributed by atoms with Crippen molar-refractivity contribution in [2.75, 3.05) is 12.4 Å². The molecule has 0 spiro atoms. The van der Waals surface area contributed by atoms with Gasteiger partial charge in [0.05, 0.1) is 7.11 Å². The summed E-state index contributed by atoms with van der Waals surface area (Å²) in [6.07, 6.45) is 0.160. The molecule has 0 saturated heterocycles. The van der Waals surface area contributed by atoms with Crippen molar-refractivity contribution in [3.05, 3.63) is 59.2 Å². The largest absolute Gasteiger partial charge is 0.496 e. The average Bonchev–Trinajstić information content (AvgIpc) is 2.64. The summed E-state index contributed by atoms with van der Waals surface area (Å²) in [5.41, 5.74) is 7.46. The highest BCUT2D eigenvalue weighted by atomic mass is 19.1.